The predicted octanol–water partition coefficient (Wildman–Crippen LogP) is 0.710. The summed E-state index contributed by atoms with van der Waals surface area (Å²) >= 11 is 0. The molecular formula is C16H33NO5. The van der Waals surface area contributed by atoms with Crippen molar-refractivity contribution in [1.82, 2.24) is 5.32 Å². The number of hydrogen-bond acceptors (Lipinski definition) is 5. The number of carbonyl (C=O) groups excluding carboxylic acids is 1. The summed E-state index contributed by atoms with van der Waals surface area (Å²) in [4.78, 5) is 11.8. The van der Waals surface area contributed by atoms with Crippen LogP contribution in [0.15, 0.2) is 0 Å². The van der Waals surface area contributed by atoms with E-state index in [1.165, 1.54) is 32.1 Å². The standard InChI is InChI=1S/C16H33NO5/c1-2-3-4-5-6-7-8-9-10-17-15(21)16(22,13-19)11-14(20)12-18/h14,18-20,22H,2-13H2,1H3,(H,17,21). The second-order valence-electron chi connectivity index (χ2n) is 5.96. The number of aliphatic hydroxyl groups is 4. The lowest BCUT2D eigenvalue weighted by molar-refractivity contribution is -0.148. The van der Waals surface area contributed by atoms with Crippen molar-refractivity contribution in [2.45, 2.75) is 76.4 Å². The highest BCUT2D eigenvalue weighted by Gasteiger charge is 2.37. The van der Waals surface area contributed by atoms with Gasteiger partial charge in [0.1, 0.15) is 0 Å². The molecule has 1 amide bonds. The Bertz CT molecular complexity index is 288. The molecule has 0 aromatic heterocycles. The Morgan fingerprint density at radius 2 is 1.59 bits per heavy atom. The number of hydrogen-bond donors (Lipinski definition) is 5. The molecule has 5 N–H and O–H groups in total. The maximum absolute atomic E-state index is 11.8. The van der Waals surface area contributed by atoms with E-state index in [-0.39, 0.29) is 6.42 Å². The second kappa shape index (κ2) is 12.8. The minimum atomic E-state index is -2.04. The average molecular weight is 319 g/mol. The van der Waals surface area contributed by atoms with Gasteiger partial charge in [0.25, 0.3) is 5.91 Å². The highest BCUT2D eigenvalue weighted by molar-refractivity contribution is 5.85. The molecule has 0 fully saturated rings. The Morgan fingerprint density at radius 1 is 1.05 bits per heavy atom. The first-order valence-corrected chi connectivity index (χ1v) is 8.40. The molecule has 0 radical (unpaired) electrons. The van der Waals surface area contributed by atoms with Crippen LogP contribution in [0.1, 0.15) is 64.7 Å². The van der Waals surface area contributed by atoms with E-state index in [0.717, 1.165) is 19.3 Å². The van der Waals surface area contributed by atoms with Gasteiger partial charge in [0.05, 0.1) is 19.3 Å². The third-order valence-electron chi connectivity index (χ3n) is 3.78. The lowest BCUT2D eigenvalue weighted by Crippen LogP contribution is -2.52. The van der Waals surface area contributed by atoms with E-state index in [4.69, 9.17) is 10.2 Å². The Balaban J connectivity index is 3.78. The fourth-order valence-corrected chi connectivity index (χ4v) is 2.31. The summed E-state index contributed by atoms with van der Waals surface area (Å²) in [5.41, 5.74) is -2.04. The maximum Gasteiger partial charge on any atom is 0.254 e. The van der Waals surface area contributed by atoms with Crippen molar-refractivity contribution in [2.24, 2.45) is 0 Å². The Labute approximate surface area is 133 Å². The predicted molar refractivity (Wildman–Crippen MR) is 85.4 cm³/mol. The zero-order valence-corrected chi connectivity index (χ0v) is 13.8. The van der Waals surface area contributed by atoms with E-state index in [2.05, 4.69) is 12.2 Å². The summed E-state index contributed by atoms with van der Waals surface area (Å²) in [7, 11) is 0. The molecule has 0 aliphatic rings. The van der Waals surface area contributed by atoms with Crippen LogP contribution in [0.3, 0.4) is 0 Å². The van der Waals surface area contributed by atoms with Gasteiger partial charge in [-0.2, -0.15) is 0 Å². The highest BCUT2D eigenvalue weighted by atomic mass is 16.4. The maximum atomic E-state index is 11.8. The first-order chi connectivity index (χ1) is 10.5. The van der Waals surface area contributed by atoms with Crippen molar-refractivity contribution >= 4 is 5.91 Å². The van der Waals surface area contributed by atoms with Crippen LogP contribution in [-0.2, 0) is 4.79 Å². The molecule has 0 aliphatic heterocycles. The second-order valence-corrected chi connectivity index (χ2v) is 5.96. The van der Waals surface area contributed by atoms with Crippen molar-refractivity contribution in [3.63, 3.8) is 0 Å². The van der Waals surface area contributed by atoms with Gasteiger partial charge in [0, 0.05) is 13.0 Å². The average Bonchev–Trinajstić information content (AvgIpc) is 2.52. The van der Waals surface area contributed by atoms with Crippen molar-refractivity contribution in [3.05, 3.63) is 0 Å². The first-order valence-electron chi connectivity index (χ1n) is 8.40. The number of aliphatic hydroxyl groups excluding tert-OH is 3. The third kappa shape index (κ3) is 9.35. The van der Waals surface area contributed by atoms with Crippen LogP contribution in [0, 0.1) is 0 Å². The SMILES string of the molecule is CCCCCCCCCCNC(=O)C(O)(CO)CC(O)CO. The molecule has 2 unspecified atom stereocenters. The minimum Gasteiger partial charge on any atom is -0.394 e. The molecule has 6 nitrogen and oxygen atoms in total. The largest absolute Gasteiger partial charge is 0.394 e. The Morgan fingerprint density at radius 3 is 2.09 bits per heavy atom. The van der Waals surface area contributed by atoms with E-state index >= 15 is 0 Å². The normalized spacial score (nSPS) is 15.3. The minimum absolute atomic E-state index is 0.386. The van der Waals surface area contributed by atoms with Crippen LogP contribution in [-0.4, -0.2) is 57.8 Å². The van der Waals surface area contributed by atoms with E-state index < -0.39 is 30.8 Å². The van der Waals surface area contributed by atoms with Gasteiger partial charge in [-0.05, 0) is 6.42 Å². The van der Waals surface area contributed by atoms with Crippen molar-refractivity contribution < 1.29 is 25.2 Å². The lowest BCUT2D eigenvalue weighted by Gasteiger charge is -2.26. The Hall–Kier alpha value is -0.690. The first kappa shape index (κ1) is 21.3. The van der Waals surface area contributed by atoms with Gasteiger partial charge in [-0.25, -0.2) is 0 Å². The van der Waals surface area contributed by atoms with E-state index in [1.54, 1.807) is 0 Å². The molecule has 0 aliphatic carbocycles. The molecule has 0 rings (SSSR count). The monoisotopic (exact) mass is 319 g/mol. The highest BCUT2D eigenvalue weighted by Crippen LogP contribution is 2.13. The molecule has 2 atom stereocenters. The van der Waals surface area contributed by atoms with Crippen LogP contribution in [0.25, 0.3) is 0 Å². The van der Waals surface area contributed by atoms with Crippen LogP contribution < -0.4 is 5.32 Å². The molecular weight excluding hydrogens is 286 g/mol. The van der Waals surface area contributed by atoms with Crippen LogP contribution >= 0.6 is 0 Å². The Kier molecular flexibility index (Phi) is 12.4. The number of rotatable bonds is 14. The molecule has 22 heavy (non-hydrogen) atoms. The van der Waals surface area contributed by atoms with E-state index in [0.29, 0.717) is 6.54 Å². The number of unbranched alkanes of at least 4 members (excludes halogenated alkanes) is 7. The summed E-state index contributed by atoms with van der Waals surface area (Å²) in [6, 6.07) is 0. The molecule has 0 heterocycles. The smallest absolute Gasteiger partial charge is 0.254 e. The quantitative estimate of drug-likeness (QED) is 0.303. The molecule has 0 aromatic rings. The van der Waals surface area contributed by atoms with E-state index in [1.807, 2.05) is 0 Å². The van der Waals surface area contributed by atoms with Gasteiger partial charge in [-0.15, -0.1) is 0 Å². The number of nitrogens with one attached hydrogen (secondary N) is 1. The summed E-state index contributed by atoms with van der Waals surface area (Å²) < 4.78 is 0. The third-order valence-corrected chi connectivity index (χ3v) is 3.78. The topological polar surface area (TPSA) is 110 Å². The summed E-state index contributed by atoms with van der Waals surface area (Å²) in [5, 5.41) is 39.7. The van der Waals surface area contributed by atoms with Gasteiger partial charge >= 0.3 is 0 Å². The molecule has 0 saturated heterocycles. The zero-order chi connectivity index (χ0) is 16.8. The van der Waals surface area contributed by atoms with Gasteiger partial charge < -0.3 is 25.7 Å². The zero-order valence-electron chi connectivity index (χ0n) is 13.8. The van der Waals surface area contributed by atoms with Crippen LogP contribution in [0.5, 0.6) is 0 Å². The molecule has 132 valence electrons. The summed E-state index contributed by atoms with van der Waals surface area (Å²) in [5.74, 6) is -0.703. The van der Waals surface area contributed by atoms with Crippen molar-refractivity contribution in [3.8, 4) is 0 Å². The molecule has 6 heteroatoms. The van der Waals surface area contributed by atoms with Crippen LogP contribution in [0.4, 0.5) is 0 Å². The van der Waals surface area contributed by atoms with Gasteiger partial charge in [0.2, 0.25) is 0 Å². The van der Waals surface area contributed by atoms with Crippen LogP contribution in [0.2, 0.25) is 0 Å². The molecule has 0 spiro atoms. The lowest BCUT2D eigenvalue weighted by atomic mass is 9.96. The van der Waals surface area contributed by atoms with E-state index in [9.17, 15) is 15.0 Å². The number of amides is 1. The number of carbonyl (C=O) groups is 1. The van der Waals surface area contributed by atoms with Gasteiger partial charge in [-0.3, -0.25) is 4.79 Å². The van der Waals surface area contributed by atoms with Gasteiger partial charge in [0.15, 0.2) is 5.60 Å². The van der Waals surface area contributed by atoms with Crippen molar-refractivity contribution in [2.75, 3.05) is 19.8 Å². The summed E-state index contributed by atoms with van der Waals surface area (Å²) in [6.07, 6.45) is 7.62. The fourth-order valence-electron chi connectivity index (χ4n) is 2.31. The fraction of sp³-hybridized carbons (Fsp3) is 0.938. The molecule has 0 bridgehead atoms. The van der Waals surface area contributed by atoms with Crippen molar-refractivity contribution in [1.29, 1.82) is 0 Å². The van der Waals surface area contributed by atoms with Gasteiger partial charge in [-0.1, -0.05) is 51.9 Å². The molecule has 0 aromatic carbocycles. The molecule has 0 saturated carbocycles. The summed E-state index contributed by atoms with van der Waals surface area (Å²) in [6.45, 7) is 1.28.